The van der Waals surface area contributed by atoms with Gasteiger partial charge >= 0.3 is 0 Å². The summed E-state index contributed by atoms with van der Waals surface area (Å²) >= 11 is 0. The summed E-state index contributed by atoms with van der Waals surface area (Å²) in [6, 6.07) is 13.6. The largest absolute Gasteiger partial charge is 0.491 e. The zero-order valence-corrected chi connectivity index (χ0v) is 19.9. The quantitative estimate of drug-likeness (QED) is 0.298. The van der Waals surface area contributed by atoms with Crippen molar-refractivity contribution in [3.63, 3.8) is 0 Å². The Labute approximate surface area is 203 Å². The number of rotatable bonds is 13. The molecule has 4 rings (SSSR count). The number of aromatic nitrogens is 1. The summed E-state index contributed by atoms with van der Waals surface area (Å²) in [7, 11) is 0. The van der Waals surface area contributed by atoms with E-state index in [2.05, 4.69) is 28.5 Å². The number of unbranched alkanes of at least 4 members (excludes halogenated alkanes) is 2. The number of hydrogen-bond donors (Lipinski definition) is 3. The number of fused-ring (bicyclic) bond motifs is 1. The molecule has 1 heterocycles. The van der Waals surface area contributed by atoms with Crippen LogP contribution in [0.2, 0.25) is 0 Å². The van der Waals surface area contributed by atoms with Gasteiger partial charge < -0.3 is 20.3 Å². The predicted octanol–water partition coefficient (Wildman–Crippen LogP) is 4.67. The maximum atomic E-state index is 10.6. The van der Waals surface area contributed by atoms with E-state index in [0.717, 1.165) is 38.1 Å². The molecule has 0 amide bonds. The first-order chi connectivity index (χ1) is 16.7. The molecular formula is C29H38N2O3. The van der Waals surface area contributed by atoms with Gasteiger partial charge in [0.1, 0.15) is 18.5 Å². The summed E-state index contributed by atoms with van der Waals surface area (Å²) in [5.41, 5.74) is 2.83. The van der Waals surface area contributed by atoms with Crippen molar-refractivity contribution in [2.24, 2.45) is 17.8 Å². The maximum absolute atomic E-state index is 10.6. The minimum absolute atomic E-state index is 0.113. The number of ether oxygens (including phenoxy) is 1. The van der Waals surface area contributed by atoms with Gasteiger partial charge in [0.25, 0.3) is 0 Å². The summed E-state index contributed by atoms with van der Waals surface area (Å²) in [4.78, 5) is 4.05. The van der Waals surface area contributed by atoms with E-state index in [4.69, 9.17) is 4.74 Å². The Morgan fingerprint density at radius 2 is 1.91 bits per heavy atom. The van der Waals surface area contributed by atoms with Crippen molar-refractivity contribution in [1.29, 1.82) is 0 Å². The average Bonchev–Trinajstić information content (AvgIpc) is 3.38. The van der Waals surface area contributed by atoms with Crippen LogP contribution >= 0.6 is 0 Å². The number of allylic oxidation sites excluding steroid dienone is 2. The van der Waals surface area contributed by atoms with E-state index in [-0.39, 0.29) is 18.6 Å². The Balaban J connectivity index is 1.12. The molecule has 0 bridgehead atoms. The SMILES string of the molecule is O[C@H](/C=C/[C@@H]1[C@H]2CC(CCCCCNCc3ccncc3)=C[C@H]2C[C@H]1O)COc1ccccc1. The summed E-state index contributed by atoms with van der Waals surface area (Å²) in [5.74, 6) is 1.80. The number of para-hydroxylation sites is 1. The summed E-state index contributed by atoms with van der Waals surface area (Å²) in [6.45, 7) is 2.17. The number of nitrogens with one attached hydrogen (secondary N) is 1. The molecule has 1 saturated carbocycles. The van der Waals surface area contributed by atoms with E-state index in [1.165, 1.54) is 24.8 Å². The minimum atomic E-state index is -0.674. The predicted molar refractivity (Wildman–Crippen MR) is 135 cm³/mol. The van der Waals surface area contributed by atoms with Crippen LogP contribution in [0.1, 0.15) is 44.1 Å². The van der Waals surface area contributed by atoms with Gasteiger partial charge in [-0.1, -0.05) is 48.4 Å². The molecule has 1 aromatic heterocycles. The molecule has 1 fully saturated rings. The standard InChI is InChI=1S/C29H38N2O3/c32-25(21-34-26-8-4-1-5-9-26)10-11-27-28-18-23(17-24(28)19-29(27)33)7-3-2-6-14-31-20-22-12-15-30-16-13-22/h1,4-5,8-13,15-17,24-25,27-29,31-33H,2-3,6-7,14,18-21H2/b11-10+/t24-,25+,27+,28-,29+/m0/s1. The molecule has 1 aromatic carbocycles. The number of aliphatic hydroxyl groups excluding tert-OH is 2. The van der Waals surface area contributed by atoms with Crippen LogP contribution < -0.4 is 10.1 Å². The van der Waals surface area contributed by atoms with Crippen molar-refractivity contribution in [1.82, 2.24) is 10.3 Å². The Kier molecular flexibility index (Phi) is 9.31. The van der Waals surface area contributed by atoms with Crippen LogP contribution in [0.5, 0.6) is 5.75 Å². The van der Waals surface area contributed by atoms with Crippen LogP contribution in [-0.2, 0) is 6.54 Å². The molecule has 0 spiro atoms. The third-order valence-electron chi connectivity index (χ3n) is 7.10. The molecule has 34 heavy (non-hydrogen) atoms. The third kappa shape index (κ3) is 7.26. The van der Waals surface area contributed by atoms with Gasteiger partial charge in [0, 0.05) is 24.9 Å². The van der Waals surface area contributed by atoms with Gasteiger partial charge in [-0.25, -0.2) is 0 Å². The second-order valence-corrected chi connectivity index (χ2v) is 9.66. The van der Waals surface area contributed by atoms with Crippen LogP contribution in [0.15, 0.2) is 78.7 Å². The van der Waals surface area contributed by atoms with Crippen molar-refractivity contribution in [2.45, 2.75) is 57.3 Å². The normalized spacial score (nSPS) is 24.8. The fourth-order valence-corrected chi connectivity index (χ4v) is 5.31. The average molecular weight is 463 g/mol. The summed E-state index contributed by atoms with van der Waals surface area (Å²) in [5, 5.41) is 24.4. The molecule has 2 aromatic rings. The van der Waals surface area contributed by atoms with Crippen LogP contribution in [-0.4, -0.2) is 40.6 Å². The zero-order valence-electron chi connectivity index (χ0n) is 19.9. The summed E-state index contributed by atoms with van der Waals surface area (Å²) in [6.07, 6.45) is 15.7. The van der Waals surface area contributed by atoms with Gasteiger partial charge in [0.2, 0.25) is 0 Å². The first-order valence-electron chi connectivity index (χ1n) is 12.7. The van der Waals surface area contributed by atoms with E-state index in [1.54, 1.807) is 11.6 Å². The van der Waals surface area contributed by atoms with Gasteiger partial charge in [0.15, 0.2) is 0 Å². The third-order valence-corrected chi connectivity index (χ3v) is 7.10. The number of aliphatic hydroxyl groups is 2. The molecular weight excluding hydrogens is 424 g/mol. The Hall–Kier alpha value is -2.47. The number of benzene rings is 1. The van der Waals surface area contributed by atoms with Gasteiger partial charge in [-0.3, -0.25) is 4.98 Å². The van der Waals surface area contributed by atoms with E-state index in [1.807, 2.05) is 48.8 Å². The molecule has 5 atom stereocenters. The van der Waals surface area contributed by atoms with Crippen LogP contribution in [0.3, 0.4) is 0 Å². The van der Waals surface area contributed by atoms with E-state index in [0.29, 0.717) is 11.8 Å². The lowest BCUT2D eigenvalue weighted by molar-refractivity contribution is 0.133. The zero-order chi connectivity index (χ0) is 23.6. The fourth-order valence-electron chi connectivity index (χ4n) is 5.31. The molecule has 3 N–H and O–H groups in total. The van der Waals surface area contributed by atoms with Crippen molar-refractivity contribution < 1.29 is 14.9 Å². The van der Waals surface area contributed by atoms with Crippen molar-refractivity contribution in [3.8, 4) is 5.75 Å². The molecule has 5 heteroatoms. The molecule has 182 valence electrons. The Bertz CT molecular complexity index is 915. The van der Waals surface area contributed by atoms with Crippen molar-refractivity contribution >= 4 is 0 Å². The lowest BCUT2D eigenvalue weighted by Crippen LogP contribution is -2.19. The highest BCUT2D eigenvalue weighted by atomic mass is 16.5. The summed E-state index contributed by atoms with van der Waals surface area (Å²) < 4.78 is 5.63. The van der Waals surface area contributed by atoms with Gasteiger partial charge in [-0.15, -0.1) is 0 Å². The van der Waals surface area contributed by atoms with E-state index < -0.39 is 6.10 Å². The lowest BCUT2D eigenvalue weighted by Gasteiger charge is -2.19. The molecule has 5 nitrogen and oxygen atoms in total. The first-order valence-corrected chi connectivity index (χ1v) is 12.7. The molecule has 0 unspecified atom stereocenters. The Morgan fingerprint density at radius 1 is 1.09 bits per heavy atom. The van der Waals surface area contributed by atoms with E-state index >= 15 is 0 Å². The number of hydrogen-bond acceptors (Lipinski definition) is 5. The van der Waals surface area contributed by atoms with Crippen molar-refractivity contribution in [2.75, 3.05) is 13.2 Å². The van der Waals surface area contributed by atoms with Gasteiger partial charge in [0.05, 0.1) is 6.10 Å². The van der Waals surface area contributed by atoms with Gasteiger partial charge in [-0.2, -0.15) is 0 Å². The maximum Gasteiger partial charge on any atom is 0.119 e. The lowest BCUT2D eigenvalue weighted by atomic mass is 9.88. The number of nitrogens with zero attached hydrogens (tertiary/aromatic N) is 1. The first kappa shape index (κ1) is 24.6. The van der Waals surface area contributed by atoms with Crippen molar-refractivity contribution in [3.05, 3.63) is 84.2 Å². The highest BCUT2D eigenvalue weighted by molar-refractivity contribution is 5.22. The Morgan fingerprint density at radius 3 is 2.74 bits per heavy atom. The number of pyridine rings is 1. The topological polar surface area (TPSA) is 74.6 Å². The van der Waals surface area contributed by atoms with Crippen LogP contribution in [0.4, 0.5) is 0 Å². The smallest absolute Gasteiger partial charge is 0.119 e. The second kappa shape index (κ2) is 12.8. The van der Waals surface area contributed by atoms with Crippen LogP contribution in [0.25, 0.3) is 0 Å². The second-order valence-electron chi connectivity index (χ2n) is 9.66. The van der Waals surface area contributed by atoms with E-state index in [9.17, 15) is 10.2 Å². The van der Waals surface area contributed by atoms with Crippen LogP contribution in [0, 0.1) is 17.8 Å². The van der Waals surface area contributed by atoms with Gasteiger partial charge in [-0.05, 0) is 80.3 Å². The highest BCUT2D eigenvalue weighted by Gasteiger charge is 2.43. The fraction of sp³-hybridized carbons (Fsp3) is 0.483. The molecule has 0 radical (unpaired) electrons. The minimum Gasteiger partial charge on any atom is -0.491 e. The highest BCUT2D eigenvalue weighted by Crippen LogP contribution is 2.48. The molecule has 2 aliphatic carbocycles. The molecule has 0 saturated heterocycles. The monoisotopic (exact) mass is 462 g/mol. The molecule has 0 aliphatic heterocycles. The molecule has 2 aliphatic rings.